The molecule has 2 atom stereocenters. The molecule has 1 aromatic carbocycles. The molecule has 7 nitrogen and oxygen atoms in total. The number of amides is 2. The molecule has 156 valence electrons. The number of nitrogens with zero attached hydrogens (tertiary/aromatic N) is 2. The number of rotatable bonds is 6. The zero-order chi connectivity index (χ0) is 19.2. The van der Waals surface area contributed by atoms with Crippen molar-refractivity contribution in [2.24, 2.45) is 5.92 Å². The quantitative estimate of drug-likeness (QED) is 0.733. The van der Waals surface area contributed by atoms with Crippen molar-refractivity contribution in [3.05, 3.63) is 29.8 Å². The molecule has 2 unspecified atom stereocenters. The van der Waals surface area contributed by atoms with Gasteiger partial charge in [-0.3, -0.25) is 14.5 Å². The minimum absolute atomic E-state index is 0. The summed E-state index contributed by atoms with van der Waals surface area (Å²) in [5.74, 6) is 0.649. The van der Waals surface area contributed by atoms with Crippen molar-refractivity contribution in [1.82, 2.24) is 20.4 Å². The molecule has 8 heteroatoms. The van der Waals surface area contributed by atoms with Gasteiger partial charge in [-0.1, -0.05) is 12.1 Å². The summed E-state index contributed by atoms with van der Waals surface area (Å²) >= 11 is 0. The van der Waals surface area contributed by atoms with Crippen LogP contribution in [-0.4, -0.2) is 75.0 Å². The molecule has 0 radical (unpaired) electrons. The Labute approximate surface area is 173 Å². The summed E-state index contributed by atoms with van der Waals surface area (Å²) in [6.07, 6.45) is 0.998. The Morgan fingerprint density at radius 2 is 1.93 bits per heavy atom. The van der Waals surface area contributed by atoms with Crippen LogP contribution in [0.3, 0.4) is 0 Å². The minimum atomic E-state index is -0.239. The van der Waals surface area contributed by atoms with Crippen molar-refractivity contribution >= 4 is 24.2 Å². The van der Waals surface area contributed by atoms with Crippen LogP contribution in [0.2, 0.25) is 0 Å². The smallest absolute Gasteiger partial charge is 0.225 e. The second kappa shape index (κ2) is 10.6. The highest BCUT2D eigenvalue weighted by atomic mass is 35.5. The Morgan fingerprint density at radius 1 is 1.25 bits per heavy atom. The van der Waals surface area contributed by atoms with Crippen molar-refractivity contribution in [3.63, 3.8) is 0 Å². The number of benzene rings is 1. The number of halogens is 1. The van der Waals surface area contributed by atoms with Crippen LogP contribution in [0.5, 0.6) is 5.75 Å². The van der Waals surface area contributed by atoms with Crippen LogP contribution in [0.15, 0.2) is 24.3 Å². The van der Waals surface area contributed by atoms with Gasteiger partial charge in [-0.15, -0.1) is 12.4 Å². The van der Waals surface area contributed by atoms with Crippen LogP contribution < -0.4 is 15.4 Å². The summed E-state index contributed by atoms with van der Waals surface area (Å²) in [7, 11) is 3.41. The molecule has 0 aromatic heterocycles. The lowest BCUT2D eigenvalue weighted by molar-refractivity contribution is -0.141. The van der Waals surface area contributed by atoms with E-state index in [-0.39, 0.29) is 36.2 Å². The number of nitrogens with one attached hydrogen (secondary N) is 2. The molecule has 0 spiro atoms. The number of methoxy groups -OCH3 is 1. The SMILES string of the molecule is COc1ccc(C2C(C(=O)NCCN3CCNCC3)CCC(=O)N2C)cc1.Cl. The Balaban J connectivity index is 0.00000280. The summed E-state index contributed by atoms with van der Waals surface area (Å²) < 4.78 is 5.22. The van der Waals surface area contributed by atoms with Gasteiger partial charge in [-0.25, -0.2) is 0 Å². The van der Waals surface area contributed by atoms with E-state index in [1.165, 1.54) is 0 Å². The topological polar surface area (TPSA) is 73.9 Å². The third-order valence-electron chi connectivity index (χ3n) is 5.59. The van der Waals surface area contributed by atoms with Crippen LogP contribution >= 0.6 is 12.4 Å². The standard InChI is InChI=1S/C20H30N4O3.ClH/c1-23-18(25)8-7-17(19(23)15-3-5-16(27-2)6-4-15)20(26)22-11-14-24-12-9-21-10-13-24;/h3-6,17,19,21H,7-14H2,1-2H3,(H,22,26);1H. The summed E-state index contributed by atoms with van der Waals surface area (Å²) in [4.78, 5) is 29.2. The maximum Gasteiger partial charge on any atom is 0.225 e. The number of ether oxygens (including phenoxy) is 1. The van der Waals surface area contributed by atoms with Gasteiger partial charge < -0.3 is 20.3 Å². The Morgan fingerprint density at radius 3 is 2.57 bits per heavy atom. The third kappa shape index (κ3) is 5.37. The molecule has 2 amide bonds. The maximum absolute atomic E-state index is 12.9. The molecule has 2 fully saturated rings. The number of likely N-dealkylation sites (tertiary alicyclic amines) is 1. The summed E-state index contributed by atoms with van der Waals surface area (Å²) in [6, 6.07) is 7.40. The van der Waals surface area contributed by atoms with Gasteiger partial charge in [-0.2, -0.15) is 0 Å². The average molecular weight is 411 g/mol. The fourth-order valence-electron chi connectivity index (χ4n) is 3.97. The monoisotopic (exact) mass is 410 g/mol. The lowest BCUT2D eigenvalue weighted by Gasteiger charge is -2.38. The van der Waals surface area contributed by atoms with Gasteiger partial charge in [0.15, 0.2) is 0 Å². The second-order valence-electron chi connectivity index (χ2n) is 7.25. The van der Waals surface area contributed by atoms with Crippen LogP contribution in [0, 0.1) is 5.92 Å². The molecule has 2 saturated heterocycles. The van der Waals surface area contributed by atoms with Gasteiger partial charge in [0.1, 0.15) is 5.75 Å². The van der Waals surface area contributed by atoms with Crippen LogP contribution in [0.1, 0.15) is 24.4 Å². The van der Waals surface area contributed by atoms with E-state index < -0.39 is 0 Å². The molecule has 0 bridgehead atoms. The average Bonchev–Trinajstić information content (AvgIpc) is 2.70. The molecular weight excluding hydrogens is 380 g/mol. The largest absolute Gasteiger partial charge is 0.497 e. The molecule has 2 N–H and O–H groups in total. The first-order valence-electron chi connectivity index (χ1n) is 9.70. The van der Waals surface area contributed by atoms with E-state index in [0.717, 1.165) is 44.0 Å². The van der Waals surface area contributed by atoms with E-state index >= 15 is 0 Å². The molecular formula is C20H31ClN4O3. The van der Waals surface area contributed by atoms with E-state index in [1.807, 2.05) is 24.3 Å². The number of carbonyl (C=O) groups is 2. The van der Waals surface area contributed by atoms with Gasteiger partial charge in [0.25, 0.3) is 0 Å². The lowest BCUT2D eigenvalue weighted by Crippen LogP contribution is -2.49. The van der Waals surface area contributed by atoms with Crippen LogP contribution in [-0.2, 0) is 9.59 Å². The van der Waals surface area contributed by atoms with Crippen molar-refractivity contribution in [1.29, 1.82) is 0 Å². The van der Waals surface area contributed by atoms with Crippen LogP contribution in [0.4, 0.5) is 0 Å². The molecule has 0 aliphatic carbocycles. The maximum atomic E-state index is 12.9. The minimum Gasteiger partial charge on any atom is -0.497 e. The van der Waals surface area contributed by atoms with E-state index in [9.17, 15) is 9.59 Å². The molecule has 0 saturated carbocycles. The van der Waals surface area contributed by atoms with Crippen molar-refractivity contribution < 1.29 is 14.3 Å². The third-order valence-corrected chi connectivity index (χ3v) is 5.59. The number of piperazine rings is 1. The lowest BCUT2D eigenvalue weighted by atomic mass is 9.84. The summed E-state index contributed by atoms with van der Waals surface area (Å²) in [6.45, 7) is 5.55. The highest BCUT2D eigenvalue weighted by Crippen LogP contribution is 2.36. The molecule has 2 aliphatic heterocycles. The predicted molar refractivity (Wildman–Crippen MR) is 111 cm³/mol. The van der Waals surface area contributed by atoms with Gasteiger partial charge in [0.2, 0.25) is 11.8 Å². The first-order chi connectivity index (χ1) is 13.1. The molecule has 1 aromatic rings. The Kier molecular flexibility index (Phi) is 8.54. The molecule has 2 heterocycles. The second-order valence-corrected chi connectivity index (χ2v) is 7.25. The zero-order valence-electron chi connectivity index (χ0n) is 16.6. The highest BCUT2D eigenvalue weighted by Gasteiger charge is 2.38. The molecule has 28 heavy (non-hydrogen) atoms. The van der Waals surface area contributed by atoms with Gasteiger partial charge in [-0.05, 0) is 24.1 Å². The molecule has 3 rings (SSSR count). The van der Waals surface area contributed by atoms with Gasteiger partial charge in [0.05, 0.1) is 19.1 Å². The summed E-state index contributed by atoms with van der Waals surface area (Å²) in [5, 5.41) is 6.43. The van der Waals surface area contributed by atoms with Gasteiger partial charge in [0, 0.05) is 52.7 Å². The van der Waals surface area contributed by atoms with Crippen LogP contribution in [0.25, 0.3) is 0 Å². The summed E-state index contributed by atoms with van der Waals surface area (Å²) in [5.41, 5.74) is 0.966. The van der Waals surface area contributed by atoms with Crippen molar-refractivity contribution in [2.75, 3.05) is 53.4 Å². The fourth-order valence-corrected chi connectivity index (χ4v) is 3.97. The van der Waals surface area contributed by atoms with E-state index in [1.54, 1.807) is 19.1 Å². The first kappa shape index (κ1) is 22.5. The zero-order valence-corrected chi connectivity index (χ0v) is 17.5. The first-order valence-corrected chi connectivity index (χ1v) is 9.70. The van der Waals surface area contributed by atoms with E-state index in [0.29, 0.717) is 19.4 Å². The van der Waals surface area contributed by atoms with Crippen molar-refractivity contribution in [3.8, 4) is 5.75 Å². The highest BCUT2D eigenvalue weighted by molar-refractivity contribution is 5.85. The van der Waals surface area contributed by atoms with Crippen molar-refractivity contribution in [2.45, 2.75) is 18.9 Å². The Hall–Kier alpha value is -1.83. The molecule has 2 aliphatic rings. The van der Waals surface area contributed by atoms with E-state index in [4.69, 9.17) is 4.74 Å². The normalized spacial score (nSPS) is 23.1. The van der Waals surface area contributed by atoms with E-state index in [2.05, 4.69) is 15.5 Å². The Bertz CT molecular complexity index is 649. The number of hydrogen-bond acceptors (Lipinski definition) is 5. The predicted octanol–water partition coefficient (Wildman–Crippen LogP) is 1.05. The number of piperidine rings is 1. The van der Waals surface area contributed by atoms with Gasteiger partial charge >= 0.3 is 0 Å². The fraction of sp³-hybridized carbons (Fsp3) is 0.600. The number of carbonyl (C=O) groups excluding carboxylic acids is 2. The number of hydrogen-bond donors (Lipinski definition) is 2.